The summed E-state index contributed by atoms with van der Waals surface area (Å²) in [5.74, 6) is 2.17. The first kappa shape index (κ1) is 8.55. The fraction of sp³-hybridized carbons (Fsp3) is 1.00. The van der Waals surface area contributed by atoms with E-state index in [1.54, 1.807) is 6.42 Å². The molecule has 1 aliphatic carbocycles. The topological polar surface area (TPSA) is 12.0 Å². The van der Waals surface area contributed by atoms with Crippen LogP contribution in [0.5, 0.6) is 0 Å². The molecule has 1 heterocycles. The molecular formula is C11H21N. The molecular weight excluding hydrogens is 146 g/mol. The maximum atomic E-state index is 3.44. The first-order valence-corrected chi connectivity index (χ1v) is 5.66. The third-order valence-electron chi connectivity index (χ3n) is 3.60. The minimum absolute atomic E-state index is 1.06. The van der Waals surface area contributed by atoms with Gasteiger partial charge in [-0.1, -0.05) is 25.7 Å². The van der Waals surface area contributed by atoms with Crippen molar-refractivity contribution in [1.29, 1.82) is 0 Å². The molecule has 1 saturated heterocycles. The van der Waals surface area contributed by atoms with E-state index >= 15 is 0 Å². The average molecular weight is 167 g/mol. The molecule has 0 spiro atoms. The van der Waals surface area contributed by atoms with Gasteiger partial charge in [0, 0.05) is 0 Å². The first-order chi connectivity index (χ1) is 5.95. The highest BCUT2D eigenvalue weighted by Gasteiger charge is 2.21. The van der Waals surface area contributed by atoms with Gasteiger partial charge < -0.3 is 5.32 Å². The van der Waals surface area contributed by atoms with Gasteiger partial charge in [0.1, 0.15) is 0 Å². The van der Waals surface area contributed by atoms with Crippen molar-refractivity contribution >= 4 is 0 Å². The number of nitrogens with one attached hydrogen (secondary N) is 1. The van der Waals surface area contributed by atoms with Crippen molar-refractivity contribution in [3.8, 4) is 0 Å². The molecule has 0 aromatic rings. The second-order valence-electron chi connectivity index (χ2n) is 4.58. The summed E-state index contributed by atoms with van der Waals surface area (Å²) in [6, 6.07) is 0. The predicted molar refractivity (Wildman–Crippen MR) is 52.2 cm³/mol. The highest BCUT2D eigenvalue weighted by Crippen LogP contribution is 2.32. The van der Waals surface area contributed by atoms with Crippen LogP contribution in [0.2, 0.25) is 0 Å². The van der Waals surface area contributed by atoms with E-state index in [0.29, 0.717) is 0 Å². The Morgan fingerprint density at radius 1 is 0.833 bits per heavy atom. The maximum Gasteiger partial charge on any atom is -0.00463 e. The van der Waals surface area contributed by atoms with E-state index in [-0.39, 0.29) is 0 Å². The summed E-state index contributed by atoms with van der Waals surface area (Å²) in [5.41, 5.74) is 0. The number of piperidine rings is 1. The van der Waals surface area contributed by atoms with Crippen LogP contribution in [0.15, 0.2) is 0 Å². The summed E-state index contributed by atoms with van der Waals surface area (Å²) < 4.78 is 0. The third kappa shape index (κ3) is 2.22. The molecule has 0 aromatic carbocycles. The van der Waals surface area contributed by atoms with Crippen LogP contribution >= 0.6 is 0 Å². The van der Waals surface area contributed by atoms with Gasteiger partial charge in [-0.3, -0.25) is 0 Å². The molecule has 1 N–H and O–H groups in total. The van der Waals surface area contributed by atoms with E-state index in [0.717, 1.165) is 11.8 Å². The Morgan fingerprint density at radius 2 is 1.42 bits per heavy atom. The van der Waals surface area contributed by atoms with Gasteiger partial charge in [0.25, 0.3) is 0 Å². The van der Waals surface area contributed by atoms with Gasteiger partial charge in [-0.25, -0.2) is 0 Å². The molecule has 1 heteroatoms. The van der Waals surface area contributed by atoms with Crippen molar-refractivity contribution < 1.29 is 0 Å². The lowest BCUT2D eigenvalue weighted by atomic mass is 9.87. The van der Waals surface area contributed by atoms with Crippen molar-refractivity contribution in [2.75, 3.05) is 13.1 Å². The van der Waals surface area contributed by atoms with E-state index < -0.39 is 0 Å². The van der Waals surface area contributed by atoms with Gasteiger partial charge in [0.05, 0.1) is 0 Å². The third-order valence-corrected chi connectivity index (χ3v) is 3.60. The summed E-state index contributed by atoms with van der Waals surface area (Å²) in [7, 11) is 0. The molecule has 1 saturated carbocycles. The van der Waals surface area contributed by atoms with E-state index in [1.165, 1.54) is 51.6 Å². The fourth-order valence-corrected chi connectivity index (χ4v) is 2.83. The van der Waals surface area contributed by atoms with Gasteiger partial charge in [-0.15, -0.1) is 0 Å². The molecule has 0 aromatic heterocycles. The summed E-state index contributed by atoms with van der Waals surface area (Å²) in [5, 5.41) is 3.44. The molecule has 2 fully saturated rings. The van der Waals surface area contributed by atoms with Crippen LogP contribution in [-0.2, 0) is 0 Å². The average Bonchev–Trinajstić information content (AvgIpc) is 2.59. The van der Waals surface area contributed by atoms with Gasteiger partial charge in [-0.05, 0) is 44.2 Å². The normalized spacial score (nSPS) is 28.0. The Kier molecular flexibility index (Phi) is 3.04. The Hall–Kier alpha value is -0.0400. The molecule has 0 atom stereocenters. The molecule has 0 bridgehead atoms. The highest BCUT2D eigenvalue weighted by molar-refractivity contribution is 4.75. The van der Waals surface area contributed by atoms with Crippen molar-refractivity contribution in [3.05, 3.63) is 0 Å². The van der Waals surface area contributed by atoms with E-state index in [1.807, 2.05) is 0 Å². The van der Waals surface area contributed by atoms with Crippen LogP contribution in [-0.4, -0.2) is 13.1 Å². The van der Waals surface area contributed by atoms with Crippen LogP contribution in [0.1, 0.15) is 44.9 Å². The predicted octanol–water partition coefficient (Wildman–Crippen LogP) is 2.57. The molecule has 70 valence electrons. The largest absolute Gasteiger partial charge is 0.317 e. The Bertz CT molecular complexity index is 121. The SMILES string of the molecule is C1CCC(CC2CCNCC2)C1. The monoisotopic (exact) mass is 167 g/mol. The standard InChI is InChI=1S/C11H21N/c1-2-4-10(3-1)9-11-5-7-12-8-6-11/h10-12H,1-9H2. The summed E-state index contributed by atoms with van der Waals surface area (Å²) in [6.45, 7) is 2.55. The highest BCUT2D eigenvalue weighted by atomic mass is 14.9. The van der Waals surface area contributed by atoms with E-state index in [9.17, 15) is 0 Å². The van der Waals surface area contributed by atoms with Gasteiger partial charge in [0.2, 0.25) is 0 Å². The second kappa shape index (κ2) is 4.27. The zero-order valence-electron chi connectivity index (χ0n) is 8.02. The molecule has 2 rings (SSSR count). The lowest BCUT2D eigenvalue weighted by Gasteiger charge is -2.24. The van der Waals surface area contributed by atoms with Crippen molar-refractivity contribution in [2.45, 2.75) is 44.9 Å². The quantitative estimate of drug-likeness (QED) is 0.666. The van der Waals surface area contributed by atoms with Crippen LogP contribution in [0.4, 0.5) is 0 Å². The summed E-state index contributed by atoms with van der Waals surface area (Å²) >= 11 is 0. The first-order valence-electron chi connectivity index (χ1n) is 5.66. The molecule has 1 nitrogen and oxygen atoms in total. The number of hydrogen-bond acceptors (Lipinski definition) is 1. The maximum absolute atomic E-state index is 3.44. The molecule has 2 aliphatic rings. The van der Waals surface area contributed by atoms with Gasteiger partial charge in [0.15, 0.2) is 0 Å². The van der Waals surface area contributed by atoms with Crippen molar-refractivity contribution in [2.24, 2.45) is 11.8 Å². The Morgan fingerprint density at radius 3 is 2.08 bits per heavy atom. The molecule has 0 unspecified atom stereocenters. The summed E-state index contributed by atoms with van der Waals surface area (Å²) in [6.07, 6.45) is 10.5. The van der Waals surface area contributed by atoms with E-state index in [2.05, 4.69) is 5.32 Å². The van der Waals surface area contributed by atoms with Crippen molar-refractivity contribution in [1.82, 2.24) is 5.32 Å². The summed E-state index contributed by atoms with van der Waals surface area (Å²) in [4.78, 5) is 0. The van der Waals surface area contributed by atoms with E-state index in [4.69, 9.17) is 0 Å². The van der Waals surface area contributed by atoms with Gasteiger partial charge >= 0.3 is 0 Å². The van der Waals surface area contributed by atoms with Crippen LogP contribution < -0.4 is 5.32 Å². The number of rotatable bonds is 2. The van der Waals surface area contributed by atoms with Crippen LogP contribution in [0, 0.1) is 11.8 Å². The van der Waals surface area contributed by atoms with Crippen LogP contribution in [0.25, 0.3) is 0 Å². The molecule has 1 aliphatic heterocycles. The second-order valence-corrected chi connectivity index (χ2v) is 4.58. The van der Waals surface area contributed by atoms with Crippen LogP contribution in [0.3, 0.4) is 0 Å². The Labute approximate surface area is 75.9 Å². The molecule has 0 amide bonds. The molecule has 12 heavy (non-hydrogen) atoms. The number of hydrogen-bond donors (Lipinski definition) is 1. The zero-order chi connectivity index (χ0) is 8.23. The minimum Gasteiger partial charge on any atom is -0.317 e. The minimum atomic E-state index is 1.06. The molecule has 0 radical (unpaired) electrons. The fourth-order valence-electron chi connectivity index (χ4n) is 2.83. The smallest absolute Gasteiger partial charge is 0.00463 e. The van der Waals surface area contributed by atoms with Crippen molar-refractivity contribution in [3.63, 3.8) is 0 Å². The lowest BCUT2D eigenvalue weighted by molar-refractivity contribution is 0.301. The zero-order valence-corrected chi connectivity index (χ0v) is 8.02. The van der Waals surface area contributed by atoms with Gasteiger partial charge in [-0.2, -0.15) is 0 Å². The Balaban J connectivity index is 1.69. The lowest BCUT2D eigenvalue weighted by Crippen LogP contribution is -2.28.